The molecule has 0 aliphatic heterocycles. The Balaban J connectivity index is 2.20. The van der Waals surface area contributed by atoms with Crippen molar-refractivity contribution in [2.75, 3.05) is 0 Å². The van der Waals surface area contributed by atoms with Crippen molar-refractivity contribution in [1.29, 1.82) is 0 Å². The van der Waals surface area contributed by atoms with Crippen LogP contribution in [0.3, 0.4) is 0 Å². The molecule has 4 nitrogen and oxygen atoms in total. The van der Waals surface area contributed by atoms with Crippen molar-refractivity contribution in [3.8, 4) is 0 Å². The van der Waals surface area contributed by atoms with Crippen molar-refractivity contribution in [1.82, 2.24) is 15.0 Å². The highest BCUT2D eigenvalue weighted by atomic mass is 79.9. The lowest BCUT2D eigenvalue weighted by Crippen LogP contribution is -2.23. The monoisotopic (exact) mass is 351 g/mol. The molecule has 0 saturated carbocycles. The normalized spacial score (nSPS) is 11.7. The molecule has 0 radical (unpaired) electrons. The summed E-state index contributed by atoms with van der Waals surface area (Å²) in [5.41, 5.74) is -0.196. The van der Waals surface area contributed by atoms with Gasteiger partial charge in [-0.2, -0.15) is 13.2 Å². The van der Waals surface area contributed by atoms with Crippen LogP contribution in [0.5, 0.6) is 0 Å². The number of carbonyl (C=O) groups is 1. The number of rotatable bonds is 3. The van der Waals surface area contributed by atoms with Crippen molar-refractivity contribution < 1.29 is 22.4 Å². The SMILES string of the molecule is O=C(c1cn(Cc2ccc(F)cc2Br)nn1)C(F)(F)F. The van der Waals surface area contributed by atoms with E-state index in [1.807, 2.05) is 0 Å². The van der Waals surface area contributed by atoms with Gasteiger partial charge in [0.15, 0.2) is 5.69 Å². The Morgan fingerprint density at radius 3 is 2.65 bits per heavy atom. The van der Waals surface area contributed by atoms with Gasteiger partial charge in [0, 0.05) is 4.47 Å². The number of hydrogen-bond donors (Lipinski definition) is 0. The number of carbonyl (C=O) groups excluding carboxylic acids is 1. The van der Waals surface area contributed by atoms with Crippen LogP contribution in [-0.2, 0) is 6.54 Å². The number of benzene rings is 1. The highest BCUT2D eigenvalue weighted by Crippen LogP contribution is 2.21. The van der Waals surface area contributed by atoms with Gasteiger partial charge in [0.25, 0.3) is 5.78 Å². The smallest absolute Gasteiger partial charge is 0.282 e. The first-order chi connectivity index (χ1) is 9.27. The second-order valence-electron chi connectivity index (χ2n) is 3.86. The minimum absolute atomic E-state index is 0.0546. The first kappa shape index (κ1) is 14.6. The molecule has 1 heterocycles. The Morgan fingerprint density at radius 1 is 1.35 bits per heavy atom. The predicted molar refractivity (Wildman–Crippen MR) is 63.6 cm³/mol. The molecule has 0 fully saturated rings. The van der Waals surface area contributed by atoms with Gasteiger partial charge in [-0.05, 0) is 17.7 Å². The molecule has 0 aliphatic carbocycles. The molecular weight excluding hydrogens is 346 g/mol. The number of ketones is 1. The first-order valence-corrected chi connectivity index (χ1v) is 6.02. The number of hydrogen-bond acceptors (Lipinski definition) is 3. The van der Waals surface area contributed by atoms with Crippen molar-refractivity contribution in [2.45, 2.75) is 12.7 Å². The molecule has 0 aliphatic rings. The number of alkyl halides is 3. The van der Waals surface area contributed by atoms with Crippen LogP contribution in [0.2, 0.25) is 0 Å². The van der Waals surface area contributed by atoms with Gasteiger partial charge in [-0.25, -0.2) is 9.07 Å². The minimum atomic E-state index is -4.99. The average Bonchev–Trinajstić information content (AvgIpc) is 2.79. The lowest BCUT2D eigenvalue weighted by Gasteiger charge is -2.04. The maximum atomic E-state index is 12.9. The van der Waals surface area contributed by atoms with Gasteiger partial charge in [0.05, 0.1) is 12.7 Å². The van der Waals surface area contributed by atoms with Crippen LogP contribution < -0.4 is 0 Å². The van der Waals surface area contributed by atoms with E-state index in [0.717, 1.165) is 10.9 Å². The first-order valence-electron chi connectivity index (χ1n) is 5.23. The highest BCUT2D eigenvalue weighted by Gasteiger charge is 2.41. The summed E-state index contributed by atoms with van der Waals surface area (Å²) in [6, 6.07) is 3.87. The van der Waals surface area contributed by atoms with E-state index >= 15 is 0 Å². The quantitative estimate of drug-likeness (QED) is 0.630. The van der Waals surface area contributed by atoms with Crippen molar-refractivity contribution >= 4 is 21.7 Å². The lowest BCUT2D eigenvalue weighted by atomic mass is 10.2. The van der Waals surface area contributed by atoms with Crippen LogP contribution in [0.4, 0.5) is 17.6 Å². The van der Waals surface area contributed by atoms with Crippen molar-refractivity contribution in [3.63, 3.8) is 0 Å². The molecular formula is C11H6BrF4N3O. The fraction of sp³-hybridized carbons (Fsp3) is 0.182. The minimum Gasteiger partial charge on any atom is -0.282 e. The molecule has 0 saturated heterocycles. The average molecular weight is 352 g/mol. The van der Waals surface area contributed by atoms with E-state index in [0.29, 0.717) is 10.0 Å². The second-order valence-corrected chi connectivity index (χ2v) is 4.72. The summed E-state index contributed by atoms with van der Waals surface area (Å²) < 4.78 is 51.0. The van der Waals surface area contributed by atoms with Gasteiger partial charge in [-0.15, -0.1) is 5.10 Å². The van der Waals surface area contributed by atoms with E-state index in [-0.39, 0.29) is 6.54 Å². The molecule has 1 aromatic heterocycles. The zero-order valence-electron chi connectivity index (χ0n) is 9.66. The predicted octanol–water partition coefficient (Wildman–Crippen LogP) is 2.97. The molecule has 106 valence electrons. The third-order valence-electron chi connectivity index (χ3n) is 2.38. The molecule has 0 atom stereocenters. The molecule has 20 heavy (non-hydrogen) atoms. The fourth-order valence-electron chi connectivity index (χ4n) is 1.45. The van der Waals surface area contributed by atoms with Gasteiger partial charge < -0.3 is 0 Å². The van der Waals surface area contributed by atoms with E-state index in [9.17, 15) is 22.4 Å². The summed E-state index contributed by atoms with van der Waals surface area (Å²) in [4.78, 5) is 10.9. The van der Waals surface area contributed by atoms with Gasteiger partial charge in [0.2, 0.25) is 0 Å². The number of nitrogens with zero attached hydrogens (tertiary/aromatic N) is 3. The topological polar surface area (TPSA) is 47.8 Å². The van der Waals surface area contributed by atoms with Gasteiger partial charge >= 0.3 is 6.18 Å². The summed E-state index contributed by atoms with van der Waals surface area (Å²) in [6.07, 6.45) is -4.09. The third-order valence-corrected chi connectivity index (χ3v) is 3.11. The number of Topliss-reactive ketones (excluding diaryl/α,β-unsaturated/α-hetero) is 1. The van der Waals surface area contributed by atoms with E-state index in [1.165, 1.54) is 18.2 Å². The Hall–Kier alpha value is -1.77. The van der Waals surface area contributed by atoms with Gasteiger partial charge in [0.1, 0.15) is 5.82 Å². The maximum Gasteiger partial charge on any atom is 0.456 e. The molecule has 1 aromatic carbocycles. The zero-order chi connectivity index (χ0) is 14.9. The Morgan fingerprint density at radius 2 is 2.05 bits per heavy atom. The summed E-state index contributed by atoms with van der Waals surface area (Å²) in [5.74, 6) is -2.51. The van der Waals surface area contributed by atoms with Crippen LogP contribution in [0, 0.1) is 5.82 Å². The Bertz CT molecular complexity index is 653. The van der Waals surface area contributed by atoms with E-state index < -0.39 is 23.5 Å². The van der Waals surface area contributed by atoms with Crippen LogP contribution in [0.1, 0.15) is 16.1 Å². The molecule has 0 unspecified atom stereocenters. The van der Waals surface area contributed by atoms with Crippen LogP contribution >= 0.6 is 15.9 Å². The second kappa shape index (κ2) is 5.31. The standard InChI is InChI=1S/C11H6BrF4N3O/c12-8-3-7(13)2-1-6(8)4-19-5-9(17-18-19)10(20)11(14,15)16/h1-3,5H,4H2. The zero-order valence-corrected chi connectivity index (χ0v) is 11.2. The molecule has 0 N–H and O–H groups in total. The Labute approximate surface area is 118 Å². The molecule has 2 aromatic rings. The van der Waals surface area contributed by atoms with Crippen LogP contribution in [0.15, 0.2) is 28.9 Å². The summed E-state index contributed by atoms with van der Waals surface area (Å²) in [6.45, 7) is 0.0546. The van der Waals surface area contributed by atoms with E-state index in [2.05, 4.69) is 26.2 Å². The summed E-state index contributed by atoms with van der Waals surface area (Å²) in [5, 5.41) is 6.62. The van der Waals surface area contributed by atoms with Crippen molar-refractivity contribution in [2.24, 2.45) is 0 Å². The molecule has 0 bridgehead atoms. The van der Waals surface area contributed by atoms with Crippen molar-refractivity contribution in [3.05, 3.63) is 45.9 Å². The van der Waals surface area contributed by atoms with E-state index in [4.69, 9.17) is 0 Å². The summed E-state index contributed by atoms with van der Waals surface area (Å²) in [7, 11) is 0. The number of halogens is 5. The third kappa shape index (κ3) is 3.21. The highest BCUT2D eigenvalue weighted by molar-refractivity contribution is 9.10. The molecule has 2 rings (SSSR count). The fourth-order valence-corrected chi connectivity index (χ4v) is 1.93. The van der Waals surface area contributed by atoms with Crippen LogP contribution in [-0.4, -0.2) is 27.0 Å². The Kier molecular flexibility index (Phi) is 3.89. The molecule has 9 heteroatoms. The largest absolute Gasteiger partial charge is 0.456 e. The molecule has 0 amide bonds. The maximum absolute atomic E-state index is 12.9. The molecule has 0 spiro atoms. The van der Waals surface area contributed by atoms with E-state index in [1.54, 1.807) is 0 Å². The number of aromatic nitrogens is 3. The van der Waals surface area contributed by atoms with Crippen LogP contribution in [0.25, 0.3) is 0 Å². The lowest BCUT2D eigenvalue weighted by molar-refractivity contribution is -0.0888. The van der Waals surface area contributed by atoms with Gasteiger partial charge in [-0.3, -0.25) is 4.79 Å². The summed E-state index contributed by atoms with van der Waals surface area (Å²) >= 11 is 3.12. The van der Waals surface area contributed by atoms with Gasteiger partial charge in [-0.1, -0.05) is 27.2 Å².